The van der Waals surface area contributed by atoms with Gasteiger partial charge in [0, 0.05) is 23.9 Å². The average molecular weight is 223 g/mol. The van der Waals surface area contributed by atoms with Crippen LogP contribution in [0.4, 0.5) is 0 Å². The first-order valence-corrected chi connectivity index (χ1v) is 6.57. The molecule has 4 heteroatoms. The molecule has 2 aliphatic heterocycles. The molecule has 1 aromatic rings. The van der Waals surface area contributed by atoms with Crippen LogP contribution in [-0.4, -0.2) is 24.6 Å². The standard InChI is InChI=1S/C11H17N3S/c1-7-10(9-3-2-4-13-9)14-11(15-7)8-5-12-6-8/h8-9,12-13H,2-6H2,1H3. The van der Waals surface area contributed by atoms with Gasteiger partial charge < -0.3 is 10.6 Å². The van der Waals surface area contributed by atoms with Crippen molar-refractivity contribution >= 4 is 11.3 Å². The van der Waals surface area contributed by atoms with E-state index in [0.717, 1.165) is 19.6 Å². The second kappa shape index (κ2) is 3.85. The SMILES string of the molecule is Cc1sc(C2CNC2)nc1C1CCCN1. The van der Waals surface area contributed by atoms with Crippen molar-refractivity contribution in [2.75, 3.05) is 19.6 Å². The van der Waals surface area contributed by atoms with Gasteiger partial charge in [0.15, 0.2) is 0 Å². The highest BCUT2D eigenvalue weighted by Crippen LogP contribution is 2.32. The summed E-state index contributed by atoms with van der Waals surface area (Å²) < 4.78 is 0. The van der Waals surface area contributed by atoms with E-state index >= 15 is 0 Å². The Labute approximate surface area is 94.3 Å². The number of nitrogens with one attached hydrogen (secondary N) is 2. The van der Waals surface area contributed by atoms with Crippen LogP contribution in [0.3, 0.4) is 0 Å². The van der Waals surface area contributed by atoms with Crippen LogP contribution in [-0.2, 0) is 0 Å². The van der Waals surface area contributed by atoms with E-state index in [4.69, 9.17) is 4.98 Å². The topological polar surface area (TPSA) is 37.0 Å². The third-order valence-corrected chi connectivity index (χ3v) is 4.52. The fourth-order valence-electron chi connectivity index (χ4n) is 2.31. The Morgan fingerprint density at radius 1 is 1.40 bits per heavy atom. The molecule has 0 aliphatic carbocycles. The van der Waals surface area contributed by atoms with E-state index in [0.29, 0.717) is 12.0 Å². The van der Waals surface area contributed by atoms with Crippen LogP contribution in [0.25, 0.3) is 0 Å². The van der Waals surface area contributed by atoms with E-state index in [1.54, 1.807) is 0 Å². The minimum absolute atomic E-state index is 0.531. The summed E-state index contributed by atoms with van der Waals surface area (Å²) in [5.74, 6) is 0.684. The average Bonchev–Trinajstić information content (AvgIpc) is 2.70. The highest BCUT2D eigenvalue weighted by molar-refractivity contribution is 7.11. The van der Waals surface area contributed by atoms with Gasteiger partial charge in [0.05, 0.1) is 16.7 Å². The lowest BCUT2D eigenvalue weighted by Crippen LogP contribution is -2.39. The van der Waals surface area contributed by atoms with Crippen LogP contribution in [0.15, 0.2) is 0 Å². The molecule has 0 radical (unpaired) electrons. The summed E-state index contributed by atoms with van der Waals surface area (Å²) in [6.45, 7) is 5.60. The van der Waals surface area contributed by atoms with Crippen LogP contribution in [0, 0.1) is 6.92 Å². The third kappa shape index (κ3) is 1.71. The molecule has 2 aliphatic rings. The van der Waals surface area contributed by atoms with Gasteiger partial charge in [-0.1, -0.05) is 0 Å². The fraction of sp³-hybridized carbons (Fsp3) is 0.727. The summed E-state index contributed by atoms with van der Waals surface area (Å²) in [4.78, 5) is 6.24. The number of nitrogens with zero attached hydrogens (tertiary/aromatic N) is 1. The first-order chi connectivity index (χ1) is 7.34. The molecule has 2 saturated heterocycles. The molecule has 3 rings (SSSR count). The van der Waals surface area contributed by atoms with Gasteiger partial charge in [-0.05, 0) is 26.3 Å². The second-order valence-corrected chi connectivity index (χ2v) is 5.73. The molecule has 3 nitrogen and oxygen atoms in total. The Morgan fingerprint density at radius 3 is 2.87 bits per heavy atom. The number of hydrogen-bond donors (Lipinski definition) is 2. The maximum Gasteiger partial charge on any atom is 0.0988 e. The summed E-state index contributed by atoms with van der Waals surface area (Å²) in [7, 11) is 0. The van der Waals surface area contributed by atoms with Crippen molar-refractivity contribution in [1.29, 1.82) is 0 Å². The summed E-state index contributed by atoms with van der Waals surface area (Å²) in [6, 6.07) is 0.531. The predicted molar refractivity (Wildman–Crippen MR) is 62.4 cm³/mol. The number of thiazole rings is 1. The molecule has 0 saturated carbocycles. The lowest BCUT2D eigenvalue weighted by molar-refractivity contribution is 0.445. The van der Waals surface area contributed by atoms with Crippen molar-refractivity contribution in [2.45, 2.75) is 31.7 Å². The molecule has 15 heavy (non-hydrogen) atoms. The smallest absolute Gasteiger partial charge is 0.0988 e. The van der Waals surface area contributed by atoms with Crippen LogP contribution in [0.2, 0.25) is 0 Å². The molecule has 1 aromatic heterocycles. The van der Waals surface area contributed by atoms with Crippen LogP contribution < -0.4 is 10.6 Å². The number of aromatic nitrogens is 1. The molecule has 1 unspecified atom stereocenters. The van der Waals surface area contributed by atoms with Crippen LogP contribution in [0.5, 0.6) is 0 Å². The minimum Gasteiger partial charge on any atom is -0.315 e. The fourth-order valence-corrected chi connectivity index (χ4v) is 3.39. The van der Waals surface area contributed by atoms with E-state index in [1.807, 2.05) is 11.3 Å². The largest absolute Gasteiger partial charge is 0.315 e. The number of aryl methyl sites for hydroxylation is 1. The summed E-state index contributed by atoms with van der Waals surface area (Å²) >= 11 is 1.89. The van der Waals surface area contributed by atoms with Gasteiger partial charge in [-0.15, -0.1) is 11.3 Å². The van der Waals surface area contributed by atoms with Crippen molar-refractivity contribution in [2.24, 2.45) is 0 Å². The maximum absolute atomic E-state index is 4.83. The van der Waals surface area contributed by atoms with E-state index in [9.17, 15) is 0 Å². The lowest BCUT2D eigenvalue weighted by atomic mass is 10.0. The van der Waals surface area contributed by atoms with Crippen LogP contribution in [0.1, 0.15) is 40.4 Å². The number of hydrogen-bond acceptors (Lipinski definition) is 4. The molecule has 0 spiro atoms. The zero-order valence-corrected chi connectivity index (χ0v) is 9.86. The Hall–Kier alpha value is -0.450. The lowest BCUT2D eigenvalue weighted by Gasteiger charge is -2.24. The third-order valence-electron chi connectivity index (χ3n) is 3.37. The quantitative estimate of drug-likeness (QED) is 0.799. The van der Waals surface area contributed by atoms with Crippen molar-refractivity contribution in [3.05, 3.63) is 15.6 Å². The molecule has 2 fully saturated rings. The highest BCUT2D eigenvalue weighted by Gasteiger charge is 2.26. The predicted octanol–water partition coefficient (Wildman–Crippen LogP) is 1.56. The monoisotopic (exact) mass is 223 g/mol. The van der Waals surface area contributed by atoms with Gasteiger partial charge in [-0.25, -0.2) is 4.98 Å². The Kier molecular flexibility index (Phi) is 2.50. The normalized spacial score (nSPS) is 26.9. The molecular formula is C11H17N3S. The molecule has 0 amide bonds. The molecule has 3 heterocycles. The van der Waals surface area contributed by atoms with Gasteiger partial charge >= 0.3 is 0 Å². The number of rotatable bonds is 2. The Morgan fingerprint density at radius 2 is 2.27 bits per heavy atom. The molecular weight excluding hydrogens is 206 g/mol. The van der Waals surface area contributed by atoms with Gasteiger partial charge in [-0.3, -0.25) is 0 Å². The molecule has 2 N–H and O–H groups in total. The van der Waals surface area contributed by atoms with Gasteiger partial charge in [0.2, 0.25) is 0 Å². The Bertz CT molecular complexity index is 351. The summed E-state index contributed by atoms with van der Waals surface area (Å²) in [6.07, 6.45) is 2.55. The first kappa shape index (κ1) is 9.75. The highest BCUT2D eigenvalue weighted by atomic mass is 32.1. The Balaban J connectivity index is 1.84. The van der Waals surface area contributed by atoms with Crippen molar-refractivity contribution in [1.82, 2.24) is 15.6 Å². The first-order valence-electron chi connectivity index (χ1n) is 5.76. The van der Waals surface area contributed by atoms with Crippen molar-refractivity contribution in [3.8, 4) is 0 Å². The zero-order valence-electron chi connectivity index (χ0n) is 9.05. The molecule has 0 bridgehead atoms. The summed E-state index contributed by atoms with van der Waals surface area (Å²) in [5.41, 5.74) is 1.32. The second-order valence-electron chi connectivity index (χ2n) is 4.50. The van der Waals surface area contributed by atoms with E-state index in [-0.39, 0.29) is 0 Å². The van der Waals surface area contributed by atoms with Gasteiger partial charge in [0.25, 0.3) is 0 Å². The molecule has 1 atom stereocenters. The van der Waals surface area contributed by atoms with E-state index in [1.165, 1.54) is 28.4 Å². The van der Waals surface area contributed by atoms with Gasteiger partial charge in [0.1, 0.15) is 0 Å². The minimum atomic E-state index is 0.531. The van der Waals surface area contributed by atoms with Gasteiger partial charge in [-0.2, -0.15) is 0 Å². The van der Waals surface area contributed by atoms with Crippen molar-refractivity contribution < 1.29 is 0 Å². The van der Waals surface area contributed by atoms with Crippen LogP contribution >= 0.6 is 11.3 Å². The zero-order chi connectivity index (χ0) is 10.3. The maximum atomic E-state index is 4.83. The van der Waals surface area contributed by atoms with Crippen molar-refractivity contribution in [3.63, 3.8) is 0 Å². The van der Waals surface area contributed by atoms with E-state index < -0.39 is 0 Å². The summed E-state index contributed by atoms with van der Waals surface area (Å²) in [5, 5.41) is 8.18. The molecule has 0 aromatic carbocycles. The molecule has 82 valence electrons. The van der Waals surface area contributed by atoms with E-state index in [2.05, 4.69) is 17.6 Å².